The predicted octanol–water partition coefficient (Wildman–Crippen LogP) is 0.802. The van der Waals surface area contributed by atoms with Crippen LogP contribution in [0.3, 0.4) is 0 Å². The number of nitrogens with zero attached hydrogens (tertiary/aromatic N) is 1. The van der Waals surface area contributed by atoms with Gasteiger partial charge in [0.05, 0.1) is 6.07 Å². The van der Waals surface area contributed by atoms with Gasteiger partial charge in [-0.3, -0.25) is 4.79 Å². The molecule has 0 aromatic carbocycles. The molecule has 0 bridgehead atoms. The maximum Gasteiger partial charge on any atom is 0.220 e. The van der Waals surface area contributed by atoms with Crippen LogP contribution in [0.25, 0.3) is 0 Å². The van der Waals surface area contributed by atoms with Crippen LogP contribution in [-0.2, 0) is 4.79 Å². The molecule has 2 unspecified atom stereocenters. The summed E-state index contributed by atoms with van der Waals surface area (Å²) in [4.78, 5) is 10.7. The number of hydrogen-bond acceptors (Lipinski definition) is 2. The molecule has 1 aliphatic carbocycles. The monoisotopic (exact) mass is 152 g/mol. The van der Waals surface area contributed by atoms with E-state index in [-0.39, 0.29) is 11.8 Å². The van der Waals surface area contributed by atoms with E-state index in [1.54, 1.807) is 0 Å². The second-order valence-electron chi connectivity index (χ2n) is 3.14. The highest BCUT2D eigenvalue weighted by Gasteiger charge is 2.27. The van der Waals surface area contributed by atoms with Gasteiger partial charge in [0.2, 0.25) is 5.91 Å². The smallest absolute Gasteiger partial charge is 0.220 e. The standard InChI is InChI=1S/C8H12N2O/c9-4-3-6-1-2-7(5-6)8(10)11/h6-7H,1-3,5H2,(H2,10,11). The van der Waals surface area contributed by atoms with E-state index in [1.807, 2.05) is 0 Å². The van der Waals surface area contributed by atoms with Crippen molar-refractivity contribution in [2.75, 3.05) is 0 Å². The first-order chi connectivity index (χ1) is 5.24. The molecule has 1 aliphatic rings. The van der Waals surface area contributed by atoms with E-state index in [0.29, 0.717) is 12.3 Å². The number of carbonyl (C=O) groups is 1. The van der Waals surface area contributed by atoms with Crippen LogP contribution >= 0.6 is 0 Å². The van der Waals surface area contributed by atoms with E-state index in [4.69, 9.17) is 11.0 Å². The minimum atomic E-state index is -0.203. The third kappa shape index (κ3) is 1.94. The van der Waals surface area contributed by atoms with Gasteiger partial charge in [-0.15, -0.1) is 0 Å². The van der Waals surface area contributed by atoms with Gasteiger partial charge in [-0.25, -0.2) is 0 Å². The summed E-state index contributed by atoms with van der Waals surface area (Å²) in [5.74, 6) is 0.247. The van der Waals surface area contributed by atoms with E-state index >= 15 is 0 Å². The zero-order valence-electron chi connectivity index (χ0n) is 6.42. The molecule has 2 atom stereocenters. The van der Waals surface area contributed by atoms with Crippen molar-refractivity contribution in [3.05, 3.63) is 0 Å². The van der Waals surface area contributed by atoms with Gasteiger partial charge in [0, 0.05) is 12.3 Å². The van der Waals surface area contributed by atoms with Crippen LogP contribution in [-0.4, -0.2) is 5.91 Å². The van der Waals surface area contributed by atoms with Crippen molar-refractivity contribution in [3.63, 3.8) is 0 Å². The van der Waals surface area contributed by atoms with E-state index in [9.17, 15) is 4.79 Å². The Morgan fingerprint density at radius 2 is 2.36 bits per heavy atom. The van der Waals surface area contributed by atoms with Gasteiger partial charge >= 0.3 is 0 Å². The number of hydrogen-bond donors (Lipinski definition) is 1. The van der Waals surface area contributed by atoms with Gasteiger partial charge in [-0.05, 0) is 25.2 Å². The first-order valence-corrected chi connectivity index (χ1v) is 3.90. The predicted molar refractivity (Wildman–Crippen MR) is 40.3 cm³/mol. The number of amides is 1. The van der Waals surface area contributed by atoms with Crippen LogP contribution < -0.4 is 5.73 Å². The summed E-state index contributed by atoms with van der Waals surface area (Å²) >= 11 is 0. The Hall–Kier alpha value is -1.04. The highest BCUT2D eigenvalue weighted by atomic mass is 16.1. The van der Waals surface area contributed by atoms with Crippen molar-refractivity contribution in [3.8, 4) is 6.07 Å². The fraction of sp³-hybridized carbons (Fsp3) is 0.750. The number of nitrogens with two attached hydrogens (primary N) is 1. The topological polar surface area (TPSA) is 66.9 Å². The molecule has 1 fully saturated rings. The molecule has 0 aromatic rings. The second kappa shape index (κ2) is 3.38. The van der Waals surface area contributed by atoms with Crippen molar-refractivity contribution in [1.82, 2.24) is 0 Å². The quantitative estimate of drug-likeness (QED) is 0.636. The molecule has 2 N–H and O–H groups in total. The normalized spacial score (nSPS) is 29.7. The minimum absolute atomic E-state index is 0.0355. The van der Waals surface area contributed by atoms with Gasteiger partial charge in [0.25, 0.3) is 0 Å². The van der Waals surface area contributed by atoms with Crippen molar-refractivity contribution in [2.24, 2.45) is 17.6 Å². The third-order valence-electron chi connectivity index (χ3n) is 2.32. The Balaban J connectivity index is 2.36. The average molecular weight is 152 g/mol. The minimum Gasteiger partial charge on any atom is -0.369 e. The molecule has 0 aliphatic heterocycles. The van der Waals surface area contributed by atoms with Gasteiger partial charge in [0.1, 0.15) is 0 Å². The summed E-state index contributed by atoms with van der Waals surface area (Å²) in [7, 11) is 0. The molecule has 3 heteroatoms. The molecule has 0 heterocycles. The number of nitriles is 1. The molecule has 1 saturated carbocycles. The van der Waals surface area contributed by atoms with Crippen molar-refractivity contribution >= 4 is 5.91 Å². The fourth-order valence-corrected chi connectivity index (χ4v) is 1.65. The Morgan fingerprint density at radius 3 is 2.82 bits per heavy atom. The molecule has 0 radical (unpaired) electrons. The van der Waals surface area contributed by atoms with E-state index in [0.717, 1.165) is 19.3 Å². The van der Waals surface area contributed by atoms with E-state index < -0.39 is 0 Å². The lowest BCUT2D eigenvalue weighted by molar-refractivity contribution is -0.121. The lowest BCUT2D eigenvalue weighted by atomic mass is 10.0. The van der Waals surface area contributed by atoms with Crippen LogP contribution in [0.15, 0.2) is 0 Å². The zero-order valence-corrected chi connectivity index (χ0v) is 6.42. The molecule has 60 valence electrons. The zero-order chi connectivity index (χ0) is 8.27. The maximum absolute atomic E-state index is 10.7. The number of carbonyl (C=O) groups excluding carboxylic acids is 1. The van der Waals surface area contributed by atoms with Gasteiger partial charge < -0.3 is 5.73 Å². The molecule has 1 amide bonds. The maximum atomic E-state index is 10.7. The van der Waals surface area contributed by atoms with Crippen LogP contribution in [0.2, 0.25) is 0 Å². The Kier molecular flexibility index (Phi) is 2.48. The Morgan fingerprint density at radius 1 is 1.64 bits per heavy atom. The Bertz CT molecular complexity index is 195. The highest BCUT2D eigenvalue weighted by molar-refractivity contribution is 5.76. The van der Waals surface area contributed by atoms with Gasteiger partial charge in [-0.1, -0.05) is 0 Å². The lowest BCUT2D eigenvalue weighted by Crippen LogP contribution is -2.20. The van der Waals surface area contributed by atoms with E-state index in [1.165, 1.54) is 0 Å². The molecule has 3 nitrogen and oxygen atoms in total. The average Bonchev–Trinajstić information content (AvgIpc) is 2.37. The van der Waals surface area contributed by atoms with Crippen molar-refractivity contribution in [1.29, 1.82) is 5.26 Å². The summed E-state index contributed by atoms with van der Waals surface area (Å²) in [5, 5.41) is 8.39. The van der Waals surface area contributed by atoms with Gasteiger partial charge in [-0.2, -0.15) is 5.26 Å². The van der Waals surface area contributed by atoms with Gasteiger partial charge in [0.15, 0.2) is 0 Å². The van der Waals surface area contributed by atoms with Crippen LogP contribution in [0.4, 0.5) is 0 Å². The summed E-state index contributed by atoms with van der Waals surface area (Å²) < 4.78 is 0. The SMILES string of the molecule is N#CCC1CCC(C(N)=O)C1. The molecule has 1 rings (SSSR count). The van der Waals surface area contributed by atoms with Crippen LogP contribution in [0.1, 0.15) is 25.7 Å². The summed E-state index contributed by atoms with van der Waals surface area (Å²) in [6, 6.07) is 2.12. The molecule has 0 spiro atoms. The fourth-order valence-electron chi connectivity index (χ4n) is 1.65. The lowest BCUT2D eigenvalue weighted by Gasteiger charge is -2.03. The summed E-state index contributed by atoms with van der Waals surface area (Å²) in [5.41, 5.74) is 5.13. The van der Waals surface area contributed by atoms with Crippen molar-refractivity contribution in [2.45, 2.75) is 25.7 Å². The summed E-state index contributed by atoms with van der Waals surface area (Å²) in [6.07, 6.45) is 3.26. The molecule has 0 saturated heterocycles. The molecule has 11 heavy (non-hydrogen) atoms. The molecule has 0 aromatic heterocycles. The molecular weight excluding hydrogens is 140 g/mol. The largest absolute Gasteiger partial charge is 0.369 e. The van der Waals surface area contributed by atoms with Crippen LogP contribution in [0, 0.1) is 23.2 Å². The third-order valence-corrected chi connectivity index (χ3v) is 2.32. The van der Waals surface area contributed by atoms with Crippen LogP contribution in [0.5, 0.6) is 0 Å². The second-order valence-corrected chi connectivity index (χ2v) is 3.14. The first-order valence-electron chi connectivity index (χ1n) is 3.90. The Labute approximate surface area is 66.2 Å². The first kappa shape index (κ1) is 8.06. The molecular formula is C8H12N2O. The highest BCUT2D eigenvalue weighted by Crippen LogP contribution is 2.32. The van der Waals surface area contributed by atoms with E-state index in [2.05, 4.69) is 6.07 Å². The summed E-state index contributed by atoms with van der Waals surface area (Å²) in [6.45, 7) is 0. The van der Waals surface area contributed by atoms with Crippen molar-refractivity contribution < 1.29 is 4.79 Å². The number of primary amides is 1. The number of rotatable bonds is 2.